The number of carbonyl (C=O) groups is 2. The number of anilines is 1. The lowest BCUT2D eigenvalue weighted by Crippen LogP contribution is -2.51. The highest BCUT2D eigenvalue weighted by molar-refractivity contribution is 9.10. The minimum absolute atomic E-state index is 0.0700. The number of nitrogens with one attached hydrogen (secondary N) is 1. The molecule has 0 spiro atoms. The van der Waals surface area contributed by atoms with Gasteiger partial charge in [0, 0.05) is 17.6 Å². The van der Waals surface area contributed by atoms with Gasteiger partial charge in [0.2, 0.25) is 11.8 Å². The summed E-state index contributed by atoms with van der Waals surface area (Å²) in [7, 11) is -4.08. The molecule has 0 aliphatic heterocycles. The summed E-state index contributed by atoms with van der Waals surface area (Å²) < 4.78 is 29.2. The molecule has 202 valence electrons. The monoisotopic (exact) mass is 599 g/mol. The predicted molar refractivity (Wildman–Crippen MR) is 154 cm³/mol. The molecular formula is C29H34BrN3O4S. The normalized spacial score (nSPS) is 12.2. The Balaban J connectivity index is 1.99. The molecule has 0 aromatic heterocycles. The largest absolute Gasteiger partial charge is 0.354 e. The second-order valence-electron chi connectivity index (χ2n) is 9.63. The number of halogens is 1. The van der Waals surface area contributed by atoms with E-state index < -0.39 is 28.5 Å². The lowest BCUT2D eigenvalue weighted by Gasteiger charge is -2.32. The molecule has 0 fully saturated rings. The number of sulfonamides is 1. The molecule has 0 saturated heterocycles. The summed E-state index contributed by atoms with van der Waals surface area (Å²) in [6.45, 7) is 7.78. The molecule has 1 N–H and O–H groups in total. The molecule has 3 rings (SSSR count). The minimum Gasteiger partial charge on any atom is -0.354 e. The summed E-state index contributed by atoms with van der Waals surface area (Å²) in [5, 5.41) is 2.89. The zero-order valence-corrected chi connectivity index (χ0v) is 24.5. The average Bonchev–Trinajstić information content (AvgIpc) is 2.89. The van der Waals surface area contributed by atoms with E-state index in [1.54, 1.807) is 49.4 Å². The molecule has 1 unspecified atom stereocenters. The van der Waals surface area contributed by atoms with Crippen LogP contribution in [0.4, 0.5) is 5.69 Å². The second kappa shape index (κ2) is 13.1. The maximum atomic E-state index is 13.9. The predicted octanol–water partition coefficient (Wildman–Crippen LogP) is 5.14. The third-order valence-corrected chi connectivity index (χ3v) is 8.31. The van der Waals surface area contributed by atoms with Crippen molar-refractivity contribution in [2.45, 2.75) is 45.2 Å². The van der Waals surface area contributed by atoms with Crippen molar-refractivity contribution in [1.29, 1.82) is 0 Å². The van der Waals surface area contributed by atoms with Crippen molar-refractivity contribution >= 4 is 43.5 Å². The fourth-order valence-corrected chi connectivity index (χ4v) is 5.62. The van der Waals surface area contributed by atoms with Crippen molar-refractivity contribution in [2.75, 3.05) is 17.4 Å². The molecule has 9 heteroatoms. The Morgan fingerprint density at radius 2 is 1.58 bits per heavy atom. The number of nitrogens with zero attached hydrogens (tertiary/aromatic N) is 2. The van der Waals surface area contributed by atoms with Crippen LogP contribution in [0.25, 0.3) is 0 Å². The van der Waals surface area contributed by atoms with Crippen LogP contribution in [-0.4, -0.2) is 44.3 Å². The van der Waals surface area contributed by atoms with E-state index in [1.165, 1.54) is 17.0 Å². The van der Waals surface area contributed by atoms with Gasteiger partial charge in [0.05, 0.1) is 10.6 Å². The van der Waals surface area contributed by atoms with E-state index in [4.69, 9.17) is 0 Å². The van der Waals surface area contributed by atoms with Crippen LogP contribution in [0.3, 0.4) is 0 Å². The molecule has 7 nitrogen and oxygen atoms in total. The molecule has 2 amide bonds. The Morgan fingerprint density at radius 1 is 0.921 bits per heavy atom. The number of hydrogen-bond acceptors (Lipinski definition) is 4. The number of aryl methyl sites for hydroxylation is 1. The highest BCUT2D eigenvalue weighted by atomic mass is 79.9. The highest BCUT2D eigenvalue weighted by Gasteiger charge is 2.32. The molecule has 3 aromatic carbocycles. The topological polar surface area (TPSA) is 86.8 Å². The molecule has 0 radical (unpaired) electrons. The third-order valence-electron chi connectivity index (χ3n) is 6.03. The van der Waals surface area contributed by atoms with Crippen LogP contribution in [0.15, 0.2) is 88.2 Å². The average molecular weight is 601 g/mol. The maximum Gasteiger partial charge on any atom is 0.264 e. The quantitative estimate of drug-likeness (QED) is 0.330. The fraction of sp³-hybridized carbons (Fsp3) is 0.310. The van der Waals surface area contributed by atoms with E-state index in [1.807, 2.05) is 45.0 Å². The van der Waals surface area contributed by atoms with Gasteiger partial charge >= 0.3 is 0 Å². The SMILES string of the molecule is Cc1ccc(CN(C(=O)CN(c2cccc(Br)c2)S(=O)(=O)c2ccccc2)C(C)C(=O)NCC(C)C)cc1. The molecular weight excluding hydrogens is 566 g/mol. The molecule has 0 bridgehead atoms. The lowest BCUT2D eigenvalue weighted by atomic mass is 10.1. The molecule has 38 heavy (non-hydrogen) atoms. The zero-order valence-electron chi connectivity index (χ0n) is 22.1. The van der Waals surface area contributed by atoms with Crippen molar-refractivity contribution in [3.05, 3.63) is 94.5 Å². The van der Waals surface area contributed by atoms with Crippen molar-refractivity contribution in [1.82, 2.24) is 10.2 Å². The first-order valence-corrected chi connectivity index (χ1v) is 14.7. The van der Waals surface area contributed by atoms with E-state index in [0.29, 0.717) is 16.7 Å². The maximum absolute atomic E-state index is 13.9. The summed E-state index contributed by atoms with van der Waals surface area (Å²) in [5.74, 6) is -0.535. The van der Waals surface area contributed by atoms with E-state index >= 15 is 0 Å². The number of hydrogen-bond donors (Lipinski definition) is 1. The lowest BCUT2D eigenvalue weighted by molar-refractivity contribution is -0.139. The van der Waals surface area contributed by atoms with Gasteiger partial charge in [0.1, 0.15) is 12.6 Å². The fourth-order valence-electron chi connectivity index (χ4n) is 3.80. The van der Waals surface area contributed by atoms with Crippen LogP contribution in [0.2, 0.25) is 0 Å². The second-order valence-corrected chi connectivity index (χ2v) is 12.4. The number of carbonyl (C=O) groups excluding carboxylic acids is 2. The third kappa shape index (κ3) is 7.68. The number of amides is 2. The van der Waals surface area contributed by atoms with Crippen LogP contribution in [0.1, 0.15) is 31.9 Å². The molecule has 0 aliphatic rings. The van der Waals surface area contributed by atoms with Gasteiger partial charge in [-0.1, -0.05) is 83.9 Å². The van der Waals surface area contributed by atoms with Gasteiger partial charge in [-0.15, -0.1) is 0 Å². The van der Waals surface area contributed by atoms with Gasteiger partial charge in [0.25, 0.3) is 10.0 Å². The molecule has 1 atom stereocenters. The molecule has 0 heterocycles. The van der Waals surface area contributed by atoms with E-state index in [9.17, 15) is 18.0 Å². The number of benzene rings is 3. The van der Waals surface area contributed by atoms with E-state index in [-0.39, 0.29) is 23.3 Å². The van der Waals surface area contributed by atoms with Crippen LogP contribution in [0.5, 0.6) is 0 Å². The Morgan fingerprint density at radius 3 is 2.18 bits per heavy atom. The summed E-state index contributed by atoms with van der Waals surface area (Å²) in [6.07, 6.45) is 0. The zero-order chi connectivity index (χ0) is 27.9. The van der Waals surface area contributed by atoms with Crippen molar-refractivity contribution < 1.29 is 18.0 Å². The van der Waals surface area contributed by atoms with Crippen LogP contribution in [-0.2, 0) is 26.2 Å². The van der Waals surface area contributed by atoms with Crippen molar-refractivity contribution in [3.63, 3.8) is 0 Å². The first-order chi connectivity index (χ1) is 18.0. The molecule has 3 aromatic rings. The van der Waals surface area contributed by atoms with Crippen molar-refractivity contribution in [2.24, 2.45) is 5.92 Å². The van der Waals surface area contributed by atoms with Gasteiger partial charge in [-0.3, -0.25) is 13.9 Å². The Labute approximate surface area is 234 Å². The summed E-state index contributed by atoms with van der Waals surface area (Å²) in [5.41, 5.74) is 2.25. The smallest absolute Gasteiger partial charge is 0.264 e. The van der Waals surface area contributed by atoms with Crippen LogP contribution >= 0.6 is 15.9 Å². The van der Waals surface area contributed by atoms with Gasteiger partial charge < -0.3 is 10.2 Å². The Hall–Kier alpha value is -3.17. The Kier molecular flexibility index (Phi) is 10.1. The van der Waals surface area contributed by atoms with Gasteiger partial charge in [-0.25, -0.2) is 8.42 Å². The minimum atomic E-state index is -4.08. The summed E-state index contributed by atoms with van der Waals surface area (Å²) >= 11 is 3.40. The summed E-state index contributed by atoms with van der Waals surface area (Å²) in [4.78, 5) is 28.4. The number of rotatable bonds is 11. The van der Waals surface area contributed by atoms with Gasteiger partial charge in [0.15, 0.2) is 0 Å². The molecule has 0 saturated carbocycles. The van der Waals surface area contributed by atoms with Crippen LogP contribution < -0.4 is 9.62 Å². The van der Waals surface area contributed by atoms with Gasteiger partial charge in [-0.2, -0.15) is 0 Å². The highest BCUT2D eigenvalue weighted by Crippen LogP contribution is 2.27. The van der Waals surface area contributed by atoms with E-state index in [2.05, 4.69) is 21.2 Å². The first-order valence-electron chi connectivity index (χ1n) is 12.4. The molecule has 0 aliphatic carbocycles. The van der Waals surface area contributed by atoms with Crippen LogP contribution in [0, 0.1) is 12.8 Å². The van der Waals surface area contributed by atoms with Gasteiger partial charge in [-0.05, 0) is 55.7 Å². The van der Waals surface area contributed by atoms with Crippen molar-refractivity contribution in [3.8, 4) is 0 Å². The Bertz CT molecular complexity index is 1350. The first kappa shape index (κ1) is 29.4. The van der Waals surface area contributed by atoms with E-state index in [0.717, 1.165) is 15.4 Å². The summed E-state index contributed by atoms with van der Waals surface area (Å²) in [6, 6.07) is 21.7. The standard InChI is InChI=1S/C29H34BrN3O4S/c1-21(2)18-31-29(35)23(4)32(19-24-15-13-22(3)14-16-24)28(34)20-33(26-10-8-9-25(30)17-26)38(36,37)27-11-6-5-7-12-27/h5-17,21,23H,18-20H2,1-4H3,(H,31,35).